The molecule has 0 saturated carbocycles. The highest BCUT2D eigenvalue weighted by molar-refractivity contribution is 5.89. The van der Waals surface area contributed by atoms with Crippen LogP contribution in [-0.4, -0.2) is 22.7 Å². The maximum absolute atomic E-state index is 13.9. The van der Waals surface area contributed by atoms with Crippen molar-refractivity contribution in [1.82, 2.24) is 10.1 Å². The quantitative estimate of drug-likeness (QED) is 0.657. The first kappa shape index (κ1) is 18.4. The van der Waals surface area contributed by atoms with Crippen LogP contribution in [0.2, 0.25) is 0 Å². The van der Waals surface area contributed by atoms with Crippen LogP contribution < -0.4 is 15.4 Å². The molecule has 0 radical (unpaired) electrons. The maximum atomic E-state index is 13.9. The van der Waals surface area contributed by atoms with Gasteiger partial charge in [-0.2, -0.15) is 4.98 Å². The molecule has 27 heavy (non-hydrogen) atoms. The van der Waals surface area contributed by atoms with Crippen molar-refractivity contribution in [2.24, 2.45) is 0 Å². The Labute approximate surface area is 155 Å². The van der Waals surface area contributed by atoms with E-state index in [4.69, 9.17) is 9.26 Å². The van der Waals surface area contributed by atoms with Crippen LogP contribution in [0.25, 0.3) is 11.4 Å². The lowest BCUT2D eigenvalue weighted by Gasteiger charge is -2.08. The Balaban J connectivity index is 1.67. The van der Waals surface area contributed by atoms with Crippen molar-refractivity contribution in [3.8, 4) is 17.1 Å². The number of carbonyl (C=O) groups excluding carboxylic acids is 1. The number of nitrogens with zero attached hydrogens (tertiary/aromatic N) is 2. The van der Waals surface area contributed by atoms with E-state index in [9.17, 15) is 9.18 Å². The largest absolute Gasteiger partial charge is 0.494 e. The molecule has 0 unspecified atom stereocenters. The van der Waals surface area contributed by atoms with Crippen LogP contribution in [0.4, 0.5) is 15.8 Å². The number of rotatable bonds is 7. The summed E-state index contributed by atoms with van der Waals surface area (Å²) in [5.41, 5.74) is 1.50. The normalized spacial score (nSPS) is 10.5. The predicted molar refractivity (Wildman–Crippen MR) is 98.9 cm³/mol. The van der Waals surface area contributed by atoms with Crippen LogP contribution in [-0.2, 0) is 11.3 Å². The van der Waals surface area contributed by atoms with Gasteiger partial charge in [0.05, 0.1) is 18.8 Å². The van der Waals surface area contributed by atoms with Crippen molar-refractivity contribution in [3.05, 3.63) is 54.2 Å². The van der Waals surface area contributed by atoms with Gasteiger partial charge in [-0.1, -0.05) is 5.16 Å². The van der Waals surface area contributed by atoms with Crippen LogP contribution in [0.5, 0.6) is 5.75 Å². The molecule has 3 rings (SSSR count). The number of hydrogen-bond acceptors (Lipinski definition) is 6. The summed E-state index contributed by atoms with van der Waals surface area (Å²) in [5.74, 6) is 0.825. The van der Waals surface area contributed by atoms with E-state index >= 15 is 0 Å². The van der Waals surface area contributed by atoms with Gasteiger partial charge in [-0.05, 0) is 49.4 Å². The second-order valence-corrected chi connectivity index (χ2v) is 5.70. The minimum absolute atomic E-state index is 0.143. The zero-order chi connectivity index (χ0) is 19.2. The zero-order valence-corrected chi connectivity index (χ0v) is 15.0. The van der Waals surface area contributed by atoms with E-state index in [2.05, 4.69) is 20.8 Å². The van der Waals surface area contributed by atoms with Crippen molar-refractivity contribution in [2.75, 3.05) is 17.2 Å². The molecule has 0 atom stereocenters. The molecule has 1 amide bonds. The Morgan fingerprint density at radius 3 is 2.70 bits per heavy atom. The van der Waals surface area contributed by atoms with Crippen LogP contribution in [0, 0.1) is 5.82 Å². The van der Waals surface area contributed by atoms with Gasteiger partial charge in [0.25, 0.3) is 0 Å². The highest BCUT2D eigenvalue weighted by Crippen LogP contribution is 2.22. The number of nitrogens with one attached hydrogen (secondary N) is 2. The number of benzene rings is 2. The topological polar surface area (TPSA) is 89.3 Å². The average Bonchev–Trinajstić information content (AvgIpc) is 3.12. The molecule has 0 bridgehead atoms. The van der Waals surface area contributed by atoms with E-state index in [0.29, 0.717) is 24.0 Å². The second-order valence-electron chi connectivity index (χ2n) is 5.70. The maximum Gasteiger partial charge on any atom is 0.246 e. The number of ether oxygens (including phenoxy) is 1. The van der Waals surface area contributed by atoms with Crippen molar-refractivity contribution in [2.45, 2.75) is 20.4 Å². The number of halogens is 1. The fourth-order valence-corrected chi connectivity index (χ4v) is 2.42. The predicted octanol–water partition coefficient (Wildman–Crippen LogP) is 3.84. The summed E-state index contributed by atoms with van der Waals surface area (Å²) in [7, 11) is 0. The molecule has 0 aliphatic rings. The first-order valence-corrected chi connectivity index (χ1v) is 8.42. The van der Waals surface area contributed by atoms with E-state index in [0.717, 1.165) is 11.3 Å². The third-order valence-corrected chi connectivity index (χ3v) is 3.61. The number of amides is 1. The van der Waals surface area contributed by atoms with Gasteiger partial charge in [0.15, 0.2) is 0 Å². The van der Waals surface area contributed by atoms with Gasteiger partial charge in [-0.3, -0.25) is 4.79 Å². The average molecular weight is 370 g/mol. The van der Waals surface area contributed by atoms with E-state index in [-0.39, 0.29) is 18.1 Å². The lowest BCUT2D eigenvalue weighted by atomic mass is 10.2. The van der Waals surface area contributed by atoms with Gasteiger partial charge in [-0.25, -0.2) is 4.39 Å². The van der Waals surface area contributed by atoms with Crippen LogP contribution in [0.15, 0.2) is 47.0 Å². The molecule has 0 aliphatic heterocycles. The molecule has 1 aromatic heterocycles. The molecule has 2 aromatic carbocycles. The smallest absolute Gasteiger partial charge is 0.246 e. The molecule has 7 nitrogen and oxygen atoms in total. The zero-order valence-electron chi connectivity index (χ0n) is 15.0. The van der Waals surface area contributed by atoms with Crippen molar-refractivity contribution in [3.63, 3.8) is 0 Å². The summed E-state index contributed by atoms with van der Waals surface area (Å²) in [6.45, 7) is 4.04. The Kier molecular flexibility index (Phi) is 5.65. The molecule has 3 aromatic rings. The Bertz CT molecular complexity index is 925. The van der Waals surface area contributed by atoms with Gasteiger partial charge in [0.1, 0.15) is 11.6 Å². The molecule has 2 N–H and O–H groups in total. The molecular weight excluding hydrogens is 351 g/mol. The fraction of sp³-hybridized carbons (Fsp3) is 0.211. The van der Waals surface area contributed by atoms with E-state index < -0.39 is 5.82 Å². The highest BCUT2D eigenvalue weighted by atomic mass is 19.1. The molecule has 0 saturated heterocycles. The first-order valence-electron chi connectivity index (χ1n) is 8.42. The molecule has 1 heterocycles. The lowest BCUT2D eigenvalue weighted by molar-refractivity contribution is -0.114. The second kappa shape index (κ2) is 8.31. The summed E-state index contributed by atoms with van der Waals surface area (Å²) in [6.07, 6.45) is 0. The summed E-state index contributed by atoms with van der Waals surface area (Å²) >= 11 is 0. The summed E-state index contributed by atoms with van der Waals surface area (Å²) in [6, 6.07) is 11.6. The SMILES string of the molecule is CCOc1ccc(-c2noc(CNc3cc(NC(C)=O)ccc3F)n2)cc1. The van der Waals surface area contributed by atoms with Gasteiger partial charge in [-0.15, -0.1) is 0 Å². The molecular formula is C19H19FN4O3. The number of aromatic nitrogens is 2. The number of hydrogen-bond donors (Lipinski definition) is 2. The fourth-order valence-electron chi connectivity index (χ4n) is 2.42. The lowest BCUT2D eigenvalue weighted by Crippen LogP contribution is -2.07. The summed E-state index contributed by atoms with van der Waals surface area (Å²) in [5, 5.41) is 9.43. The standard InChI is InChI=1S/C19H19FN4O3/c1-3-26-15-7-4-13(5-8-15)19-23-18(27-24-19)11-21-17-10-14(22-12(2)25)6-9-16(17)20/h4-10,21H,3,11H2,1-2H3,(H,22,25). The van der Waals surface area contributed by atoms with Crippen LogP contribution >= 0.6 is 0 Å². The Morgan fingerprint density at radius 2 is 2.00 bits per heavy atom. The molecule has 0 fully saturated rings. The van der Waals surface area contributed by atoms with Crippen molar-refractivity contribution in [1.29, 1.82) is 0 Å². The Hall–Kier alpha value is -3.42. The van der Waals surface area contributed by atoms with Crippen molar-refractivity contribution >= 4 is 17.3 Å². The van der Waals surface area contributed by atoms with Gasteiger partial charge >= 0.3 is 0 Å². The Morgan fingerprint density at radius 1 is 1.22 bits per heavy atom. The van der Waals surface area contributed by atoms with Crippen LogP contribution in [0.1, 0.15) is 19.7 Å². The minimum Gasteiger partial charge on any atom is -0.494 e. The monoisotopic (exact) mass is 370 g/mol. The first-order chi connectivity index (χ1) is 13.0. The van der Waals surface area contributed by atoms with E-state index in [1.54, 1.807) is 0 Å². The minimum atomic E-state index is -0.449. The summed E-state index contributed by atoms with van der Waals surface area (Å²) < 4.78 is 24.5. The van der Waals surface area contributed by atoms with Crippen LogP contribution in [0.3, 0.4) is 0 Å². The van der Waals surface area contributed by atoms with Crippen molar-refractivity contribution < 1.29 is 18.4 Å². The van der Waals surface area contributed by atoms with E-state index in [1.165, 1.54) is 25.1 Å². The molecule has 0 aliphatic carbocycles. The summed E-state index contributed by atoms with van der Waals surface area (Å²) in [4.78, 5) is 15.4. The number of carbonyl (C=O) groups is 1. The number of anilines is 2. The highest BCUT2D eigenvalue weighted by Gasteiger charge is 2.10. The third kappa shape index (κ3) is 4.81. The molecule has 8 heteroatoms. The molecule has 140 valence electrons. The third-order valence-electron chi connectivity index (χ3n) is 3.61. The molecule has 0 spiro atoms. The van der Waals surface area contributed by atoms with E-state index in [1.807, 2.05) is 31.2 Å². The van der Waals surface area contributed by atoms with Gasteiger partial charge < -0.3 is 19.9 Å². The van der Waals surface area contributed by atoms with Gasteiger partial charge in [0, 0.05) is 18.2 Å². The van der Waals surface area contributed by atoms with Gasteiger partial charge in [0.2, 0.25) is 17.6 Å².